The number of rotatable bonds is 6. The smallest absolute Gasteiger partial charge is 0.170 e. The number of Topliss-reactive ketones (excluding diaryl/α,β-unsaturated/α-hetero) is 1. The molecule has 1 heterocycles. The number of aryl methyl sites for hydroxylation is 1. The fraction of sp³-hybridized carbons (Fsp3) is 0.333. The van der Waals surface area contributed by atoms with E-state index in [1.54, 1.807) is 12.3 Å². The highest BCUT2D eigenvalue weighted by atomic mass is 16.5. The van der Waals surface area contributed by atoms with Gasteiger partial charge in [0, 0.05) is 25.0 Å². The third-order valence-electron chi connectivity index (χ3n) is 2.87. The van der Waals surface area contributed by atoms with Gasteiger partial charge >= 0.3 is 0 Å². The molecule has 0 saturated heterocycles. The summed E-state index contributed by atoms with van der Waals surface area (Å²) in [6, 6.07) is 7.31. The van der Waals surface area contributed by atoms with Crippen LogP contribution in [-0.4, -0.2) is 21.9 Å². The van der Waals surface area contributed by atoms with Gasteiger partial charge in [0.15, 0.2) is 5.78 Å². The highest BCUT2D eigenvalue weighted by Gasteiger charge is 2.10. The lowest BCUT2D eigenvalue weighted by Crippen LogP contribution is -2.08. The third-order valence-corrected chi connectivity index (χ3v) is 2.87. The van der Waals surface area contributed by atoms with Crippen LogP contribution >= 0.6 is 0 Å². The number of carbonyl (C=O) groups is 1. The third kappa shape index (κ3) is 3.44. The molecule has 0 aliphatic heterocycles. The van der Waals surface area contributed by atoms with E-state index in [1.165, 1.54) is 0 Å². The molecule has 0 unspecified atom stereocenters. The van der Waals surface area contributed by atoms with Crippen molar-refractivity contribution < 1.29 is 9.53 Å². The van der Waals surface area contributed by atoms with Crippen LogP contribution < -0.4 is 4.74 Å². The van der Waals surface area contributed by atoms with Crippen LogP contribution in [0.5, 0.6) is 5.75 Å². The summed E-state index contributed by atoms with van der Waals surface area (Å²) in [4.78, 5) is 16.3. The zero-order valence-corrected chi connectivity index (χ0v) is 11.3. The predicted molar refractivity (Wildman–Crippen MR) is 73.5 cm³/mol. The summed E-state index contributed by atoms with van der Waals surface area (Å²) < 4.78 is 7.39. The molecule has 4 heteroatoms. The molecule has 4 nitrogen and oxygen atoms in total. The highest BCUT2D eigenvalue weighted by Crippen LogP contribution is 2.15. The molecule has 0 saturated carbocycles. The van der Waals surface area contributed by atoms with Gasteiger partial charge in [0.2, 0.25) is 0 Å². The number of imidazole rings is 1. The molecule has 0 N–H and O–H groups in total. The summed E-state index contributed by atoms with van der Waals surface area (Å²) in [5, 5.41) is 0. The fourth-order valence-corrected chi connectivity index (χ4v) is 1.79. The Bertz CT molecular complexity index is 561. The van der Waals surface area contributed by atoms with Crippen molar-refractivity contribution in [1.82, 2.24) is 9.55 Å². The van der Waals surface area contributed by atoms with Gasteiger partial charge in [-0.25, -0.2) is 4.98 Å². The van der Waals surface area contributed by atoms with Crippen LogP contribution in [0.4, 0.5) is 0 Å². The molecule has 19 heavy (non-hydrogen) atoms. The number of ether oxygens (including phenoxy) is 1. The average Bonchev–Trinajstić information content (AvgIpc) is 2.82. The van der Waals surface area contributed by atoms with Crippen LogP contribution in [0.2, 0.25) is 0 Å². The number of benzene rings is 1. The van der Waals surface area contributed by atoms with Crippen LogP contribution in [0.3, 0.4) is 0 Å². The number of nitrogens with zero attached hydrogens (tertiary/aromatic N) is 2. The van der Waals surface area contributed by atoms with Crippen LogP contribution in [0.1, 0.15) is 29.5 Å². The van der Waals surface area contributed by atoms with Crippen LogP contribution in [0.15, 0.2) is 36.7 Å². The number of hydrogen-bond acceptors (Lipinski definition) is 3. The molecule has 0 spiro atoms. The Kier molecular flexibility index (Phi) is 4.34. The van der Waals surface area contributed by atoms with E-state index in [2.05, 4.69) is 11.9 Å². The molecule has 2 rings (SSSR count). The Balaban J connectivity index is 2.08. The van der Waals surface area contributed by atoms with E-state index >= 15 is 0 Å². The molecule has 100 valence electrons. The first kappa shape index (κ1) is 13.3. The quantitative estimate of drug-likeness (QED) is 0.748. The Morgan fingerprint density at radius 1 is 1.42 bits per heavy atom. The maximum atomic E-state index is 12.2. The maximum absolute atomic E-state index is 12.2. The lowest BCUT2D eigenvalue weighted by Gasteiger charge is -2.06. The zero-order chi connectivity index (χ0) is 13.7. The molecule has 0 atom stereocenters. The van der Waals surface area contributed by atoms with Crippen molar-refractivity contribution in [3.05, 3.63) is 48.0 Å². The number of carbonyl (C=O) groups excluding carboxylic acids is 1. The topological polar surface area (TPSA) is 44.1 Å². The van der Waals surface area contributed by atoms with Crippen molar-refractivity contribution in [2.24, 2.45) is 7.05 Å². The molecule has 0 fully saturated rings. The van der Waals surface area contributed by atoms with Crippen molar-refractivity contribution in [3.63, 3.8) is 0 Å². The van der Waals surface area contributed by atoms with Crippen LogP contribution in [-0.2, 0) is 13.5 Å². The molecule has 0 bridgehead atoms. The highest BCUT2D eigenvalue weighted by molar-refractivity contribution is 5.97. The Morgan fingerprint density at radius 3 is 2.95 bits per heavy atom. The molecule has 2 aromatic rings. The Labute approximate surface area is 113 Å². The first-order valence-electron chi connectivity index (χ1n) is 6.43. The van der Waals surface area contributed by atoms with Gasteiger partial charge in [-0.05, 0) is 18.6 Å². The van der Waals surface area contributed by atoms with Crippen LogP contribution in [0, 0.1) is 0 Å². The summed E-state index contributed by atoms with van der Waals surface area (Å²) in [6.07, 6.45) is 4.79. The molecular formula is C15H18N2O2. The number of ketones is 1. The van der Waals surface area contributed by atoms with Gasteiger partial charge in [0.25, 0.3) is 0 Å². The van der Waals surface area contributed by atoms with Crippen molar-refractivity contribution in [2.45, 2.75) is 19.8 Å². The van der Waals surface area contributed by atoms with E-state index in [0.717, 1.165) is 18.0 Å². The van der Waals surface area contributed by atoms with Gasteiger partial charge in [-0.15, -0.1) is 0 Å². The molecule has 0 amide bonds. The standard InChI is InChI=1S/C15H18N2O2/c1-3-9-19-13-6-4-5-12(10-13)14(18)11-15-16-7-8-17(15)2/h4-8,10H,3,9,11H2,1-2H3. The first-order valence-corrected chi connectivity index (χ1v) is 6.43. The molecular weight excluding hydrogens is 240 g/mol. The molecule has 1 aromatic heterocycles. The molecule has 1 aromatic carbocycles. The van der Waals surface area contributed by atoms with Gasteiger partial charge in [0.1, 0.15) is 11.6 Å². The molecule has 0 aliphatic rings. The minimum atomic E-state index is 0.0521. The summed E-state index contributed by atoms with van der Waals surface area (Å²) in [6.45, 7) is 2.72. The van der Waals surface area contributed by atoms with Crippen molar-refractivity contribution in [2.75, 3.05) is 6.61 Å². The summed E-state index contributed by atoms with van der Waals surface area (Å²) >= 11 is 0. The van der Waals surface area contributed by atoms with Crippen molar-refractivity contribution in [3.8, 4) is 5.75 Å². The summed E-state index contributed by atoms with van der Waals surface area (Å²) in [5.74, 6) is 1.56. The second-order valence-corrected chi connectivity index (χ2v) is 4.43. The second-order valence-electron chi connectivity index (χ2n) is 4.43. The van der Waals surface area contributed by atoms with E-state index < -0.39 is 0 Å². The number of hydrogen-bond donors (Lipinski definition) is 0. The van der Waals surface area contributed by atoms with E-state index in [0.29, 0.717) is 18.6 Å². The number of aromatic nitrogens is 2. The van der Waals surface area contributed by atoms with Gasteiger partial charge in [-0.2, -0.15) is 0 Å². The normalized spacial score (nSPS) is 10.4. The SMILES string of the molecule is CCCOc1cccc(C(=O)Cc2nccn2C)c1. The zero-order valence-electron chi connectivity index (χ0n) is 11.3. The van der Waals surface area contributed by atoms with Gasteiger partial charge in [-0.3, -0.25) is 4.79 Å². The minimum Gasteiger partial charge on any atom is -0.494 e. The Hall–Kier alpha value is -2.10. The predicted octanol–water partition coefficient (Wildman–Crippen LogP) is 2.63. The first-order chi connectivity index (χ1) is 9.20. The van der Waals surface area contributed by atoms with E-state index in [-0.39, 0.29) is 5.78 Å². The summed E-state index contributed by atoms with van der Waals surface area (Å²) in [7, 11) is 1.89. The van der Waals surface area contributed by atoms with E-state index in [4.69, 9.17) is 4.74 Å². The van der Waals surface area contributed by atoms with Gasteiger partial charge in [-0.1, -0.05) is 19.1 Å². The average molecular weight is 258 g/mol. The monoisotopic (exact) mass is 258 g/mol. The lowest BCUT2D eigenvalue weighted by molar-refractivity contribution is 0.0989. The van der Waals surface area contributed by atoms with Crippen molar-refractivity contribution >= 4 is 5.78 Å². The van der Waals surface area contributed by atoms with Gasteiger partial charge < -0.3 is 9.30 Å². The van der Waals surface area contributed by atoms with E-state index in [1.807, 2.05) is 36.0 Å². The Morgan fingerprint density at radius 2 is 2.26 bits per heavy atom. The molecule has 0 radical (unpaired) electrons. The molecule has 0 aliphatic carbocycles. The fourth-order valence-electron chi connectivity index (χ4n) is 1.79. The van der Waals surface area contributed by atoms with Crippen LogP contribution in [0.25, 0.3) is 0 Å². The largest absolute Gasteiger partial charge is 0.494 e. The van der Waals surface area contributed by atoms with Gasteiger partial charge in [0.05, 0.1) is 13.0 Å². The summed E-state index contributed by atoms with van der Waals surface area (Å²) in [5.41, 5.74) is 0.664. The van der Waals surface area contributed by atoms with Crippen molar-refractivity contribution in [1.29, 1.82) is 0 Å². The van der Waals surface area contributed by atoms with E-state index in [9.17, 15) is 4.79 Å². The second kappa shape index (κ2) is 6.18. The lowest BCUT2D eigenvalue weighted by atomic mass is 10.1. The maximum Gasteiger partial charge on any atom is 0.170 e. The minimum absolute atomic E-state index is 0.0521.